The topological polar surface area (TPSA) is 77.9 Å². The number of carboxylic acid groups (broad SMARTS) is 1. The van der Waals surface area contributed by atoms with Crippen molar-refractivity contribution in [3.05, 3.63) is 94.9 Å². The van der Waals surface area contributed by atoms with E-state index in [1.54, 1.807) is 54.6 Å². The van der Waals surface area contributed by atoms with Crippen LogP contribution in [0.1, 0.15) is 31.0 Å². The second kappa shape index (κ2) is 11.7. The van der Waals surface area contributed by atoms with E-state index in [1.165, 1.54) is 6.07 Å². The molecule has 1 aromatic heterocycles. The number of hydrogen-bond acceptors (Lipinski definition) is 5. The number of nitrogens with zero attached hydrogens (tertiary/aromatic N) is 1. The summed E-state index contributed by atoms with van der Waals surface area (Å²) in [5.41, 5.74) is 1.57. The van der Waals surface area contributed by atoms with Crippen LogP contribution in [0.3, 0.4) is 0 Å². The van der Waals surface area contributed by atoms with Crippen LogP contribution in [0.2, 0.25) is 5.02 Å². The zero-order chi connectivity index (χ0) is 25.5. The van der Waals surface area contributed by atoms with Crippen molar-refractivity contribution in [2.75, 3.05) is 0 Å². The molecule has 6 nitrogen and oxygen atoms in total. The average molecular weight is 510 g/mol. The first-order valence-corrected chi connectivity index (χ1v) is 11.9. The van der Waals surface area contributed by atoms with Crippen LogP contribution in [-0.4, -0.2) is 22.2 Å². The second-order valence-corrected chi connectivity index (χ2v) is 8.53. The first-order valence-electron chi connectivity index (χ1n) is 11.5. The van der Waals surface area contributed by atoms with Crippen molar-refractivity contribution in [3.8, 4) is 17.2 Å². The molecule has 0 aliphatic heterocycles. The molecule has 3 aromatic carbocycles. The molecule has 1 atom stereocenters. The highest BCUT2D eigenvalue weighted by Crippen LogP contribution is 2.31. The molecule has 0 spiro atoms. The molecule has 4 aromatic rings. The first-order chi connectivity index (χ1) is 17.4. The Hall–Kier alpha value is -3.84. The average Bonchev–Trinajstić information content (AvgIpc) is 2.88. The predicted molar refractivity (Wildman–Crippen MR) is 135 cm³/mol. The molecule has 0 saturated carbocycles. The zero-order valence-corrected chi connectivity index (χ0v) is 20.4. The van der Waals surface area contributed by atoms with Crippen LogP contribution in [-0.2, 0) is 18.0 Å². The summed E-state index contributed by atoms with van der Waals surface area (Å²) in [7, 11) is 0. The molecule has 0 radical (unpaired) electrons. The van der Waals surface area contributed by atoms with Gasteiger partial charge in [0.15, 0.2) is 6.10 Å². The standard InChI is InChI=1S/C28H25ClFNO5/c1-2-5-25(28(32)33)36-27-19(7-3-8-23(27)29)16-34-21-12-14-22(15-13-21)35-17-20-11-10-18-6-4-9-24(30)26(18)31-20/h3-4,6-15,25H,2,5,16-17H2,1H3,(H,32,33). The summed E-state index contributed by atoms with van der Waals surface area (Å²) in [6.45, 7) is 2.22. The van der Waals surface area contributed by atoms with Crippen LogP contribution in [0.4, 0.5) is 4.39 Å². The minimum Gasteiger partial charge on any atom is -0.489 e. The van der Waals surface area contributed by atoms with Crippen molar-refractivity contribution in [3.63, 3.8) is 0 Å². The molecule has 0 fully saturated rings. The fourth-order valence-electron chi connectivity index (χ4n) is 3.62. The van der Waals surface area contributed by atoms with Gasteiger partial charge in [-0.15, -0.1) is 0 Å². The zero-order valence-electron chi connectivity index (χ0n) is 19.6. The van der Waals surface area contributed by atoms with Gasteiger partial charge in [-0.3, -0.25) is 0 Å². The molecular formula is C28H25ClFNO5. The number of pyridine rings is 1. The Labute approximate surface area is 213 Å². The Morgan fingerprint density at radius 2 is 1.67 bits per heavy atom. The molecule has 36 heavy (non-hydrogen) atoms. The van der Waals surface area contributed by atoms with Crippen LogP contribution in [0.25, 0.3) is 10.9 Å². The molecule has 0 bridgehead atoms. The minimum atomic E-state index is -1.04. The van der Waals surface area contributed by atoms with E-state index in [0.717, 1.165) is 5.39 Å². The van der Waals surface area contributed by atoms with Gasteiger partial charge in [-0.05, 0) is 48.9 Å². The number of fused-ring (bicyclic) bond motifs is 1. The number of hydrogen-bond donors (Lipinski definition) is 1. The largest absolute Gasteiger partial charge is 0.489 e. The molecular weight excluding hydrogens is 485 g/mol. The lowest BCUT2D eigenvalue weighted by Crippen LogP contribution is -2.27. The SMILES string of the molecule is CCCC(Oc1c(Cl)cccc1COc1ccc(OCc2ccc3cccc(F)c3n2)cc1)C(=O)O. The van der Waals surface area contributed by atoms with Crippen LogP contribution in [0.5, 0.6) is 17.2 Å². The van der Waals surface area contributed by atoms with Gasteiger partial charge in [0.1, 0.15) is 41.8 Å². The maximum Gasteiger partial charge on any atom is 0.344 e. The van der Waals surface area contributed by atoms with Crippen LogP contribution >= 0.6 is 11.6 Å². The van der Waals surface area contributed by atoms with Crippen LogP contribution in [0, 0.1) is 5.82 Å². The summed E-state index contributed by atoms with van der Waals surface area (Å²) in [6.07, 6.45) is 0.0419. The third-order valence-corrected chi connectivity index (χ3v) is 5.77. The Morgan fingerprint density at radius 1 is 0.972 bits per heavy atom. The van der Waals surface area contributed by atoms with Gasteiger partial charge in [-0.1, -0.05) is 55.3 Å². The van der Waals surface area contributed by atoms with E-state index in [9.17, 15) is 14.3 Å². The number of halogens is 2. The van der Waals surface area contributed by atoms with E-state index >= 15 is 0 Å². The molecule has 1 unspecified atom stereocenters. The number of ether oxygens (including phenoxy) is 3. The number of para-hydroxylation sites is 2. The van der Waals surface area contributed by atoms with E-state index in [0.29, 0.717) is 51.9 Å². The van der Waals surface area contributed by atoms with Crippen molar-refractivity contribution in [2.45, 2.75) is 39.1 Å². The third kappa shape index (κ3) is 6.23. The summed E-state index contributed by atoms with van der Waals surface area (Å²) < 4.78 is 31.4. The van der Waals surface area contributed by atoms with Crippen molar-refractivity contribution < 1.29 is 28.5 Å². The van der Waals surface area contributed by atoms with E-state index in [4.69, 9.17) is 25.8 Å². The molecule has 186 valence electrons. The number of rotatable bonds is 11. The van der Waals surface area contributed by atoms with Crippen LogP contribution < -0.4 is 14.2 Å². The lowest BCUT2D eigenvalue weighted by molar-refractivity contribution is -0.145. The number of aromatic nitrogens is 1. The first kappa shape index (κ1) is 25.3. The van der Waals surface area contributed by atoms with Crippen molar-refractivity contribution >= 4 is 28.5 Å². The van der Waals surface area contributed by atoms with Gasteiger partial charge >= 0.3 is 5.97 Å². The van der Waals surface area contributed by atoms with Gasteiger partial charge in [0, 0.05) is 10.9 Å². The maximum absolute atomic E-state index is 14.0. The molecule has 0 aliphatic rings. The quantitative estimate of drug-likeness (QED) is 0.239. The van der Waals surface area contributed by atoms with Crippen molar-refractivity contribution in [2.24, 2.45) is 0 Å². The molecule has 0 aliphatic carbocycles. The highest BCUT2D eigenvalue weighted by molar-refractivity contribution is 6.32. The fourth-order valence-corrected chi connectivity index (χ4v) is 3.86. The van der Waals surface area contributed by atoms with E-state index in [-0.39, 0.29) is 19.0 Å². The summed E-state index contributed by atoms with van der Waals surface area (Å²) in [5.74, 6) is 0.0893. The highest BCUT2D eigenvalue weighted by atomic mass is 35.5. The van der Waals surface area contributed by atoms with E-state index < -0.39 is 12.1 Å². The Balaban J connectivity index is 1.37. The predicted octanol–water partition coefficient (Wildman–Crippen LogP) is 6.82. The molecule has 1 N–H and O–H groups in total. The monoisotopic (exact) mass is 509 g/mol. The second-order valence-electron chi connectivity index (χ2n) is 8.12. The Morgan fingerprint density at radius 3 is 2.36 bits per heavy atom. The van der Waals surface area contributed by atoms with Crippen LogP contribution in [0.15, 0.2) is 72.8 Å². The Kier molecular flexibility index (Phi) is 8.23. The molecule has 8 heteroatoms. The minimum absolute atomic E-state index is 0.140. The van der Waals surface area contributed by atoms with Gasteiger partial charge in [0.25, 0.3) is 0 Å². The summed E-state index contributed by atoms with van der Waals surface area (Å²) in [5, 5.41) is 10.5. The molecule has 0 saturated heterocycles. The van der Waals surface area contributed by atoms with Gasteiger partial charge in [0.2, 0.25) is 0 Å². The van der Waals surface area contributed by atoms with Crippen molar-refractivity contribution in [1.82, 2.24) is 4.98 Å². The third-order valence-electron chi connectivity index (χ3n) is 5.47. The summed E-state index contributed by atoms with van der Waals surface area (Å²) >= 11 is 6.29. The highest BCUT2D eigenvalue weighted by Gasteiger charge is 2.21. The molecule has 0 amide bonds. The number of carbonyl (C=O) groups is 1. The normalized spacial score (nSPS) is 11.8. The molecule has 4 rings (SSSR count). The lowest BCUT2D eigenvalue weighted by Gasteiger charge is -2.18. The Bertz CT molecular complexity index is 1350. The fraction of sp³-hybridized carbons (Fsp3) is 0.214. The van der Waals surface area contributed by atoms with Gasteiger partial charge in [-0.2, -0.15) is 0 Å². The summed E-state index contributed by atoms with van der Waals surface area (Å²) in [6, 6.07) is 20.7. The lowest BCUT2D eigenvalue weighted by atomic mass is 10.2. The summed E-state index contributed by atoms with van der Waals surface area (Å²) in [4.78, 5) is 15.9. The van der Waals surface area contributed by atoms with Gasteiger partial charge < -0.3 is 19.3 Å². The smallest absolute Gasteiger partial charge is 0.344 e. The number of benzene rings is 3. The van der Waals surface area contributed by atoms with Crippen molar-refractivity contribution in [1.29, 1.82) is 0 Å². The number of carboxylic acids is 1. The number of aliphatic carboxylic acids is 1. The van der Waals surface area contributed by atoms with E-state index in [2.05, 4.69) is 4.98 Å². The van der Waals surface area contributed by atoms with Gasteiger partial charge in [-0.25, -0.2) is 14.2 Å². The molecule has 1 heterocycles. The maximum atomic E-state index is 14.0. The van der Waals surface area contributed by atoms with E-state index in [1.807, 2.05) is 19.1 Å². The van der Waals surface area contributed by atoms with Gasteiger partial charge in [0.05, 0.1) is 10.7 Å².